The van der Waals surface area contributed by atoms with E-state index in [0.717, 1.165) is 41.5 Å². The van der Waals surface area contributed by atoms with E-state index in [1.165, 1.54) is 31.5 Å². The predicted molar refractivity (Wildman–Crippen MR) is 122 cm³/mol. The number of sulfonamides is 1. The van der Waals surface area contributed by atoms with Gasteiger partial charge in [-0.25, -0.2) is 8.42 Å². The fraction of sp³-hybridized carbons (Fsp3) is 0.565. The van der Waals surface area contributed by atoms with Crippen LogP contribution < -0.4 is 4.74 Å². The summed E-state index contributed by atoms with van der Waals surface area (Å²) in [6.45, 7) is 9.44. The van der Waals surface area contributed by atoms with Gasteiger partial charge in [-0.3, -0.25) is 0 Å². The van der Waals surface area contributed by atoms with E-state index >= 15 is 0 Å². The van der Waals surface area contributed by atoms with Crippen LogP contribution in [-0.2, 0) is 23.0 Å². The van der Waals surface area contributed by atoms with E-state index < -0.39 is 10.0 Å². The number of benzene rings is 1. The number of hydrogen-bond donors (Lipinski definition) is 0. The molecule has 0 N–H and O–H groups in total. The summed E-state index contributed by atoms with van der Waals surface area (Å²) in [5.74, 6) is 0.388. The van der Waals surface area contributed by atoms with Gasteiger partial charge >= 0.3 is 0 Å². The summed E-state index contributed by atoms with van der Waals surface area (Å²) in [6, 6.07) is 9.43. The monoisotopic (exact) mass is 448 g/mol. The highest BCUT2D eigenvalue weighted by Crippen LogP contribution is 2.35. The summed E-state index contributed by atoms with van der Waals surface area (Å²) < 4.78 is 33.8. The third-order valence-corrected chi connectivity index (χ3v) is 9.00. The molecule has 0 amide bonds. The van der Waals surface area contributed by atoms with Gasteiger partial charge in [-0.05, 0) is 74.0 Å². The Morgan fingerprint density at radius 2 is 1.83 bits per heavy atom. The molecule has 0 spiro atoms. The number of hydrogen-bond acceptors (Lipinski definition) is 5. The Labute approximate surface area is 184 Å². The minimum Gasteiger partial charge on any atom is -0.484 e. The summed E-state index contributed by atoms with van der Waals surface area (Å²) in [5.41, 5.74) is 2.39. The van der Waals surface area contributed by atoms with Gasteiger partial charge in [-0.15, -0.1) is 11.3 Å². The van der Waals surface area contributed by atoms with Gasteiger partial charge in [-0.1, -0.05) is 26.0 Å². The third-order valence-electron chi connectivity index (χ3n) is 6.07. The second-order valence-corrected chi connectivity index (χ2v) is 11.6. The van der Waals surface area contributed by atoms with Crippen molar-refractivity contribution in [3.8, 4) is 5.06 Å². The van der Waals surface area contributed by atoms with Crippen LogP contribution in [0.4, 0.5) is 0 Å². The van der Waals surface area contributed by atoms with Crippen molar-refractivity contribution in [3.63, 3.8) is 0 Å². The molecule has 1 saturated heterocycles. The zero-order valence-electron chi connectivity index (χ0n) is 18.0. The second-order valence-electron chi connectivity index (χ2n) is 8.58. The van der Waals surface area contributed by atoms with Crippen LogP contribution in [0.15, 0.2) is 35.2 Å². The molecule has 0 radical (unpaired) electrons. The summed E-state index contributed by atoms with van der Waals surface area (Å²) in [5, 5.41) is 0.918. The lowest BCUT2D eigenvalue weighted by molar-refractivity contribution is 0.268. The SMILES string of the molecule is CC(C)c1ccc(S(=O)(=O)N2CCc3cc(OCCCN4CCCC4)sc3C2)cc1. The number of likely N-dealkylation sites (tertiary alicyclic amines) is 1. The van der Waals surface area contributed by atoms with E-state index in [1.807, 2.05) is 12.1 Å². The largest absolute Gasteiger partial charge is 0.484 e. The van der Waals surface area contributed by atoms with Crippen LogP contribution in [0.1, 0.15) is 55.0 Å². The molecule has 5 nitrogen and oxygen atoms in total. The van der Waals surface area contributed by atoms with Gasteiger partial charge in [-0.2, -0.15) is 4.31 Å². The number of thiophene rings is 1. The van der Waals surface area contributed by atoms with Crippen molar-refractivity contribution >= 4 is 21.4 Å². The second kappa shape index (κ2) is 9.39. The fourth-order valence-corrected chi connectivity index (χ4v) is 6.78. The van der Waals surface area contributed by atoms with Gasteiger partial charge in [0.05, 0.1) is 11.5 Å². The maximum atomic E-state index is 13.1. The van der Waals surface area contributed by atoms with E-state index in [9.17, 15) is 8.42 Å². The fourth-order valence-electron chi connectivity index (χ4n) is 4.19. The number of nitrogens with zero attached hydrogens (tertiary/aromatic N) is 2. The molecule has 3 heterocycles. The topological polar surface area (TPSA) is 49.9 Å². The van der Waals surface area contributed by atoms with Crippen LogP contribution in [0.5, 0.6) is 5.06 Å². The normalized spacial score (nSPS) is 18.1. The molecule has 0 atom stereocenters. The molecule has 0 saturated carbocycles. The van der Waals surface area contributed by atoms with Crippen molar-refractivity contribution in [2.24, 2.45) is 0 Å². The highest BCUT2D eigenvalue weighted by molar-refractivity contribution is 7.89. The van der Waals surface area contributed by atoms with E-state index in [-0.39, 0.29) is 0 Å². The van der Waals surface area contributed by atoms with Gasteiger partial charge < -0.3 is 9.64 Å². The summed E-state index contributed by atoms with van der Waals surface area (Å²) >= 11 is 1.60. The average molecular weight is 449 g/mol. The Kier molecular flexibility index (Phi) is 6.82. The summed E-state index contributed by atoms with van der Waals surface area (Å²) in [4.78, 5) is 3.99. The Morgan fingerprint density at radius 3 is 2.53 bits per heavy atom. The Hall–Kier alpha value is -1.41. The first kappa shape index (κ1) is 21.8. The zero-order chi connectivity index (χ0) is 21.1. The molecular weight excluding hydrogens is 416 g/mol. The number of rotatable bonds is 8. The van der Waals surface area contributed by atoms with Gasteiger partial charge in [0, 0.05) is 24.5 Å². The lowest BCUT2D eigenvalue weighted by Gasteiger charge is -2.26. The molecule has 1 aromatic carbocycles. The van der Waals surface area contributed by atoms with E-state index in [2.05, 4.69) is 24.8 Å². The highest BCUT2D eigenvalue weighted by atomic mass is 32.2. The smallest absolute Gasteiger partial charge is 0.243 e. The van der Waals surface area contributed by atoms with Crippen LogP contribution in [0.3, 0.4) is 0 Å². The van der Waals surface area contributed by atoms with Crippen molar-refractivity contribution in [1.29, 1.82) is 0 Å². The molecule has 7 heteroatoms. The predicted octanol–water partition coefficient (Wildman–Crippen LogP) is 4.48. The summed E-state index contributed by atoms with van der Waals surface area (Å²) in [7, 11) is -3.47. The Balaban J connectivity index is 1.35. The van der Waals surface area contributed by atoms with Crippen molar-refractivity contribution in [2.75, 3.05) is 32.8 Å². The minimum absolute atomic E-state index is 0.380. The van der Waals surface area contributed by atoms with Crippen LogP contribution in [0.25, 0.3) is 0 Å². The van der Waals surface area contributed by atoms with E-state index in [0.29, 0.717) is 23.9 Å². The first-order valence-electron chi connectivity index (χ1n) is 11.0. The number of ether oxygens (including phenoxy) is 1. The van der Waals surface area contributed by atoms with Crippen LogP contribution >= 0.6 is 11.3 Å². The van der Waals surface area contributed by atoms with E-state index in [4.69, 9.17) is 4.74 Å². The molecule has 164 valence electrons. The molecule has 2 aromatic rings. The van der Waals surface area contributed by atoms with Gasteiger partial charge in [0.15, 0.2) is 5.06 Å². The zero-order valence-corrected chi connectivity index (χ0v) is 19.6. The van der Waals surface area contributed by atoms with Crippen LogP contribution in [0, 0.1) is 0 Å². The van der Waals surface area contributed by atoms with Crippen molar-refractivity contribution in [1.82, 2.24) is 9.21 Å². The molecule has 1 aromatic heterocycles. The van der Waals surface area contributed by atoms with E-state index in [1.54, 1.807) is 27.8 Å². The van der Waals surface area contributed by atoms with Gasteiger partial charge in [0.2, 0.25) is 10.0 Å². The third kappa shape index (κ3) is 4.90. The Morgan fingerprint density at radius 1 is 1.10 bits per heavy atom. The molecule has 0 unspecified atom stereocenters. The molecule has 2 aliphatic rings. The Bertz CT molecular complexity index is 945. The first-order valence-corrected chi connectivity index (χ1v) is 13.3. The standard InChI is InChI=1S/C23H32N2O3S2/c1-18(2)19-6-8-21(9-7-19)30(26,27)25-14-10-20-16-23(29-22(20)17-25)28-15-5-13-24-11-3-4-12-24/h6-9,16,18H,3-5,10-15,17H2,1-2H3. The number of fused-ring (bicyclic) bond motifs is 1. The van der Waals surface area contributed by atoms with Crippen molar-refractivity contribution < 1.29 is 13.2 Å². The molecule has 30 heavy (non-hydrogen) atoms. The lowest BCUT2D eigenvalue weighted by Crippen LogP contribution is -2.35. The molecule has 1 fully saturated rings. The highest BCUT2D eigenvalue weighted by Gasteiger charge is 2.30. The quantitative estimate of drug-likeness (QED) is 0.559. The van der Waals surface area contributed by atoms with Gasteiger partial charge in [0.25, 0.3) is 0 Å². The first-order chi connectivity index (χ1) is 14.4. The average Bonchev–Trinajstić information content (AvgIpc) is 3.40. The summed E-state index contributed by atoms with van der Waals surface area (Å²) in [6.07, 6.45) is 4.42. The molecule has 2 aliphatic heterocycles. The maximum Gasteiger partial charge on any atom is 0.243 e. The van der Waals surface area contributed by atoms with Crippen molar-refractivity contribution in [3.05, 3.63) is 46.3 Å². The van der Waals surface area contributed by atoms with Crippen LogP contribution in [-0.4, -0.2) is 50.4 Å². The van der Waals surface area contributed by atoms with Gasteiger partial charge in [0.1, 0.15) is 0 Å². The molecule has 4 rings (SSSR count). The molecule has 0 bridgehead atoms. The minimum atomic E-state index is -3.47. The van der Waals surface area contributed by atoms with Crippen molar-refractivity contribution in [2.45, 2.75) is 56.9 Å². The maximum absolute atomic E-state index is 13.1. The lowest BCUT2D eigenvalue weighted by atomic mass is 10.0. The van der Waals surface area contributed by atoms with Crippen LogP contribution in [0.2, 0.25) is 0 Å². The molecule has 0 aliphatic carbocycles. The molecular formula is C23H32N2O3S2.